The van der Waals surface area contributed by atoms with Crippen molar-refractivity contribution < 1.29 is 18.3 Å². The number of aromatic nitrogens is 4. The number of hydrogen-bond donors (Lipinski definition) is 2. The van der Waals surface area contributed by atoms with Crippen LogP contribution in [0, 0.1) is 18.6 Å². The quantitative estimate of drug-likeness (QED) is 0.330. The molecule has 4 aromatic rings. The first-order valence-corrected chi connectivity index (χ1v) is 11.7. The average molecular weight is 516 g/mol. The first-order chi connectivity index (χ1) is 18.4. The van der Waals surface area contributed by atoms with Crippen molar-refractivity contribution in [2.24, 2.45) is 0 Å². The van der Waals surface area contributed by atoms with Crippen LogP contribution in [0.3, 0.4) is 0 Å². The van der Waals surface area contributed by atoms with Gasteiger partial charge in [0.05, 0.1) is 6.04 Å². The Morgan fingerprint density at radius 2 is 1.97 bits per heavy atom. The third kappa shape index (κ3) is 5.56. The highest BCUT2D eigenvalue weighted by atomic mass is 19.1. The molecule has 2 aromatic carbocycles. The van der Waals surface area contributed by atoms with Gasteiger partial charge in [-0.25, -0.2) is 23.7 Å². The lowest BCUT2D eigenvalue weighted by Crippen LogP contribution is -2.59. The highest BCUT2D eigenvalue weighted by molar-refractivity contribution is 5.87. The molecule has 1 saturated heterocycles. The van der Waals surface area contributed by atoms with E-state index < -0.39 is 11.6 Å². The summed E-state index contributed by atoms with van der Waals surface area (Å²) in [5.41, 5.74) is 2.26. The maximum absolute atomic E-state index is 15.1. The molecule has 2 N–H and O–H groups in total. The van der Waals surface area contributed by atoms with Gasteiger partial charge in [0.1, 0.15) is 11.6 Å². The zero-order valence-electron chi connectivity index (χ0n) is 20.4. The number of amides is 1. The number of nitrogens with zero attached hydrogens (tertiary/aromatic N) is 5. The molecule has 1 amide bonds. The van der Waals surface area contributed by atoms with Crippen molar-refractivity contribution in [3.63, 3.8) is 0 Å². The third-order valence-corrected chi connectivity index (χ3v) is 5.78. The van der Waals surface area contributed by atoms with E-state index in [4.69, 9.17) is 4.74 Å². The smallest absolute Gasteiger partial charge is 0.322 e. The summed E-state index contributed by atoms with van der Waals surface area (Å²) >= 11 is 0. The third-order valence-electron chi connectivity index (χ3n) is 5.78. The van der Waals surface area contributed by atoms with E-state index in [1.807, 2.05) is 4.90 Å². The minimum atomic E-state index is -0.611. The number of carbonyl (C=O) groups excluding carboxylic acids is 1. The number of nitrogens with one attached hydrogen (secondary N) is 2. The molecule has 11 heteroatoms. The Kier molecular flexibility index (Phi) is 6.90. The predicted octanol–water partition coefficient (Wildman–Crippen LogP) is 4.55. The molecule has 192 valence electrons. The van der Waals surface area contributed by atoms with Crippen LogP contribution in [0.1, 0.15) is 5.69 Å². The predicted molar refractivity (Wildman–Crippen MR) is 138 cm³/mol. The lowest BCUT2D eigenvalue weighted by atomic mass is 10.0. The molecule has 1 aliphatic rings. The van der Waals surface area contributed by atoms with Crippen molar-refractivity contribution in [3.8, 4) is 22.9 Å². The highest BCUT2D eigenvalue weighted by Gasteiger charge is 2.31. The van der Waals surface area contributed by atoms with E-state index in [1.54, 1.807) is 37.4 Å². The Labute approximate surface area is 217 Å². The maximum Gasteiger partial charge on any atom is 0.322 e. The van der Waals surface area contributed by atoms with Gasteiger partial charge in [0.25, 0.3) is 0 Å². The van der Waals surface area contributed by atoms with Gasteiger partial charge in [0.2, 0.25) is 11.9 Å². The van der Waals surface area contributed by atoms with Crippen LogP contribution in [-0.2, 0) is 4.79 Å². The van der Waals surface area contributed by atoms with Crippen molar-refractivity contribution in [2.75, 3.05) is 23.3 Å². The minimum Gasteiger partial charge on any atom is -0.421 e. The van der Waals surface area contributed by atoms with Crippen LogP contribution >= 0.6 is 0 Å². The Morgan fingerprint density at radius 1 is 1.13 bits per heavy atom. The molecule has 9 nitrogen and oxygen atoms in total. The minimum absolute atomic E-state index is 0.0256. The van der Waals surface area contributed by atoms with Crippen molar-refractivity contribution in [1.29, 1.82) is 0 Å². The molecule has 1 fully saturated rings. The zero-order chi connectivity index (χ0) is 26.6. The van der Waals surface area contributed by atoms with Gasteiger partial charge in [-0.2, -0.15) is 4.98 Å². The second-order valence-corrected chi connectivity index (χ2v) is 8.61. The van der Waals surface area contributed by atoms with Gasteiger partial charge in [-0.1, -0.05) is 18.7 Å². The van der Waals surface area contributed by atoms with Crippen LogP contribution < -0.4 is 20.3 Å². The second-order valence-electron chi connectivity index (χ2n) is 8.61. The van der Waals surface area contributed by atoms with Gasteiger partial charge in [-0.05, 0) is 55.0 Å². The number of aryl methyl sites for hydroxylation is 1. The van der Waals surface area contributed by atoms with E-state index in [-0.39, 0.29) is 29.7 Å². The molecule has 0 spiro atoms. The fraction of sp³-hybridized carbons (Fsp3) is 0.148. The highest BCUT2D eigenvalue weighted by Crippen LogP contribution is 2.35. The SMILES string of the molecule is C=CC(=O)NC1CN(c2nc(Nc3cccc(F)c3)ncc2-c2ccc(Oc3nccc(C)n3)c(F)c2)C1. The molecular formula is C27H23F2N7O2. The summed E-state index contributed by atoms with van der Waals surface area (Å²) in [5.74, 6) is -0.531. The van der Waals surface area contributed by atoms with Crippen LogP contribution in [0.5, 0.6) is 11.8 Å². The number of anilines is 3. The number of carbonyl (C=O) groups is 1. The molecule has 0 unspecified atom stereocenters. The van der Waals surface area contributed by atoms with E-state index in [2.05, 4.69) is 37.1 Å². The molecule has 0 saturated carbocycles. The Balaban J connectivity index is 1.44. The zero-order valence-corrected chi connectivity index (χ0v) is 20.4. The molecule has 0 radical (unpaired) electrons. The van der Waals surface area contributed by atoms with Crippen molar-refractivity contribution in [1.82, 2.24) is 25.3 Å². The largest absolute Gasteiger partial charge is 0.421 e. The second kappa shape index (κ2) is 10.6. The summed E-state index contributed by atoms with van der Waals surface area (Å²) in [6.45, 7) is 6.22. The average Bonchev–Trinajstić information content (AvgIpc) is 2.87. The molecule has 3 heterocycles. The first kappa shape index (κ1) is 24.8. The Morgan fingerprint density at radius 3 is 2.71 bits per heavy atom. The van der Waals surface area contributed by atoms with Crippen molar-refractivity contribution in [3.05, 3.63) is 90.9 Å². The number of ether oxygens (including phenoxy) is 1. The molecule has 2 aromatic heterocycles. The van der Waals surface area contributed by atoms with Gasteiger partial charge in [0.15, 0.2) is 11.6 Å². The van der Waals surface area contributed by atoms with Crippen LogP contribution in [0.4, 0.5) is 26.2 Å². The van der Waals surface area contributed by atoms with Gasteiger partial charge in [-0.3, -0.25) is 4.79 Å². The summed E-state index contributed by atoms with van der Waals surface area (Å²) < 4.78 is 34.2. The van der Waals surface area contributed by atoms with Gasteiger partial charge in [0, 0.05) is 42.4 Å². The van der Waals surface area contributed by atoms with Crippen LogP contribution in [0.25, 0.3) is 11.1 Å². The molecule has 1 aliphatic heterocycles. The number of hydrogen-bond acceptors (Lipinski definition) is 8. The van der Waals surface area contributed by atoms with E-state index in [9.17, 15) is 9.18 Å². The van der Waals surface area contributed by atoms with Crippen molar-refractivity contribution >= 4 is 23.4 Å². The molecule has 0 atom stereocenters. The lowest BCUT2D eigenvalue weighted by molar-refractivity contribution is -0.117. The number of rotatable bonds is 8. The van der Waals surface area contributed by atoms with Gasteiger partial charge in [-0.15, -0.1) is 0 Å². The summed E-state index contributed by atoms with van der Waals surface area (Å²) in [5, 5.41) is 5.83. The van der Waals surface area contributed by atoms with Gasteiger partial charge >= 0.3 is 6.01 Å². The van der Waals surface area contributed by atoms with E-state index in [0.717, 1.165) is 0 Å². The van der Waals surface area contributed by atoms with Crippen LogP contribution in [-0.4, -0.2) is 45.0 Å². The summed E-state index contributed by atoms with van der Waals surface area (Å²) in [4.78, 5) is 30.7. The van der Waals surface area contributed by atoms with E-state index >= 15 is 4.39 Å². The Bertz CT molecular complexity index is 1510. The van der Waals surface area contributed by atoms with Crippen molar-refractivity contribution in [2.45, 2.75) is 13.0 Å². The molecule has 5 rings (SSSR count). The molecule has 38 heavy (non-hydrogen) atoms. The maximum atomic E-state index is 15.1. The van der Waals surface area contributed by atoms with E-state index in [0.29, 0.717) is 41.4 Å². The molecule has 0 bridgehead atoms. The van der Waals surface area contributed by atoms with Crippen LogP contribution in [0.2, 0.25) is 0 Å². The number of halogens is 2. The standard InChI is InChI=1S/C27H23F2N7O2/c1-3-24(37)33-20-14-36(15-20)25-21(13-31-26(35-25)34-19-6-4-5-18(28)12-19)17-7-8-23(22(29)11-17)38-27-30-10-9-16(2)32-27/h3-13,20H,1,14-15H2,2H3,(H,33,37)(H,31,34,35). The van der Waals surface area contributed by atoms with Crippen LogP contribution in [0.15, 0.2) is 73.6 Å². The van der Waals surface area contributed by atoms with Gasteiger partial charge < -0.3 is 20.3 Å². The molecule has 0 aliphatic carbocycles. The topological polar surface area (TPSA) is 105 Å². The lowest BCUT2D eigenvalue weighted by Gasteiger charge is -2.41. The summed E-state index contributed by atoms with van der Waals surface area (Å²) in [6, 6.07) is 12.1. The molecular weight excluding hydrogens is 492 g/mol. The fourth-order valence-corrected chi connectivity index (χ4v) is 3.90. The normalized spacial score (nSPS) is 13.0. The Hall–Kier alpha value is -4.93. The summed E-state index contributed by atoms with van der Waals surface area (Å²) in [6.07, 6.45) is 4.32. The number of benzene rings is 2. The fourth-order valence-electron chi connectivity index (χ4n) is 3.90. The first-order valence-electron chi connectivity index (χ1n) is 11.7. The summed E-state index contributed by atoms with van der Waals surface area (Å²) in [7, 11) is 0. The monoisotopic (exact) mass is 515 g/mol. The van der Waals surface area contributed by atoms with E-state index in [1.165, 1.54) is 36.5 Å².